The third-order valence-electron chi connectivity index (χ3n) is 3.71. The van der Waals surface area contributed by atoms with Gasteiger partial charge < -0.3 is 14.6 Å². The van der Waals surface area contributed by atoms with Crippen molar-refractivity contribution in [2.45, 2.75) is 20.4 Å². The summed E-state index contributed by atoms with van der Waals surface area (Å²) < 4.78 is 10.5. The molecular weight excluding hydrogens is 292 g/mol. The highest BCUT2D eigenvalue weighted by atomic mass is 16.5. The second-order valence-corrected chi connectivity index (χ2v) is 5.19. The zero-order chi connectivity index (χ0) is 16.2. The Morgan fingerprint density at radius 3 is 2.65 bits per heavy atom. The quantitative estimate of drug-likeness (QED) is 0.779. The number of nitrogens with one attached hydrogen (secondary N) is 1. The molecule has 0 atom stereocenters. The molecule has 2 heterocycles. The van der Waals surface area contributed by atoms with Gasteiger partial charge in [-0.3, -0.25) is 0 Å². The van der Waals surface area contributed by atoms with Crippen molar-refractivity contribution in [2.75, 3.05) is 12.4 Å². The number of methoxy groups -OCH3 is 1. The number of nitrogens with zero attached hydrogens (tertiary/aromatic N) is 3. The van der Waals surface area contributed by atoms with E-state index >= 15 is 0 Å². The molecule has 6 heteroatoms. The summed E-state index contributed by atoms with van der Waals surface area (Å²) in [5.74, 6) is 2.36. The fraction of sp³-hybridized carbons (Fsp3) is 0.235. The van der Waals surface area contributed by atoms with Gasteiger partial charge in [-0.2, -0.15) is 0 Å². The number of anilines is 1. The highest BCUT2D eigenvalue weighted by molar-refractivity contribution is 5.60. The molecule has 1 aromatic carbocycles. The molecule has 0 saturated carbocycles. The Labute approximate surface area is 134 Å². The van der Waals surface area contributed by atoms with Crippen LogP contribution in [0.5, 0.6) is 5.75 Å². The van der Waals surface area contributed by atoms with E-state index in [0.29, 0.717) is 6.54 Å². The minimum absolute atomic E-state index is 0.514. The third kappa shape index (κ3) is 3.31. The lowest BCUT2D eigenvalue weighted by Gasteiger charge is -2.07. The van der Waals surface area contributed by atoms with Crippen molar-refractivity contribution in [3.8, 4) is 17.0 Å². The molecule has 1 N–H and O–H groups in total. The first-order valence-corrected chi connectivity index (χ1v) is 7.29. The Kier molecular flexibility index (Phi) is 4.23. The summed E-state index contributed by atoms with van der Waals surface area (Å²) in [5.41, 5.74) is 3.76. The van der Waals surface area contributed by atoms with Gasteiger partial charge in [-0.05, 0) is 38.1 Å². The van der Waals surface area contributed by atoms with E-state index in [1.54, 1.807) is 13.4 Å². The molecule has 23 heavy (non-hydrogen) atoms. The van der Waals surface area contributed by atoms with Crippen LogP contribution in [0, 0.1) is 13.8 Å². The van der Waals surface area contributed by atoms with E-state index in [1.807, 2.05) is 44.2 Å². The van der Waals surface area contributed by atoms with Crippen LogP contribution in [0.1, 0.15) is 17.0 Å². The summed E-state index contributed by atoms with van der Waals surface area (Å²) in [7, 11) is 1.64. The zero-order valence-electron chi connectivity index (χ0n) is 13.3. The van der Waals surface area contributed by atoms with Gasteiger partial charge in [0.05, 0.1) is 13.7 Å². The maximum Gasteiger partial charge on any atom is 0.156 e. The normalized spacial score (nSPS) is 10.6. The Bertz CT molecular complexity index is 797. The largest absolute Gasteiger partial charge is 0.497 e. The molecule has 0 aliphatic carbocycles. The maximum absolute atomic E-state index is 5.38. The number of benzene rings is 1. The van der Waals surface area contributed by atoms with E-state index in [1.165, 1.54) is 0 Å². The summed E-state index contributed by atoms with van der Waals surface area (Å²) in [5, 5.41) is 7.35. The molecule has 0 fully saturated rings. The molecule has 0 unspecified atom stereocenters. The Morgan fingerprint density at radius 1 is 1.13 bits per heavy atom. The Hall–Kier alpha value is -2.89. The lowest BCUT2D eigenvalue weighted by Crippen LogP contribution is -2.04. The first-order chi connectivity index (χ1) is 11.2. The molecule has 0 aliphatic heterocycles. The van der Waals surface area contributed by atoms with E-state index in [0.717, 1.165) is 39.8 Å². The minimum Gasteiger partial charge on any atom is -0.497 e. The van der Waals surface area contributed by atoms with Gasteiger partial charge in [0.2, 0.25) is 0 Å². The summed E-state index contributed by atoms with van der Waals surface area (Å²) >= 11 is 0. The molecule has 3 rings (SSSR count). The van der Waals surface area contributed by atoms with Crippen molar-refractivity contribution in [1.29, 1.82) is 0 Å². The average Bonchev–Trinajstić information content (AvgIpc) is 3.05. The van der Waals surface area contributed by atoms with Gasteiger partial charge in [-0.25, -0.2) is 9.97 Å². The molecule has 0 bridgehead atoms. The number of aromatic nitrogens is 3. The summed E-state index contributed by atoms with van der Waals surface area (Å²) in [6.07, 6.45) is 1.55. The Balaban J connectivity index is 1.70. The average molecular weight is 310 g/mol. The number of rotatable bonds is 5. The smallest absolute Gasteiger partial charge is 0.156 e. The number of aryl methyl sites for hydroxylation is 1. The maximum atomic E-state index is 5.38. The fourth-order valence-electron chi connectivity index (χ4n) is 2.18. The summed E-state index contributed by atoms with van der Waals surface area (Å²) in [6.45, 7) is 4.46. The van der Waals surface area contributed by atoms with Crippen LogP contribution >= 0.6 is 0 Å². The highest BCUT2D eigenvalue weighted by Gasteiger charge is 2.08. The number of ether oxygens (including phenoxy) is 1. The molecule has 0 aliphatic rings. The van der Waals surface area contributed by atoms with Crippen molar-refractivity contribution in [3.05, 3.63) is 53.7 Å². The van der Waals surface area contributed by atoms with Gasteiger partial charge in [0, 0.05) is 22.9 Å². The van der Waals surface area contributed by atoms with Gasteiger partial charge in [-0.1, -0.05) is 5.16 Å². The van der Waals surface area contributed by atoms with Crippen LogP contribution in [0.3, 0.4) is 0 Å². The molecule has 0 radical (unpaired) electrons. The van der Waals surface area contributed by atoms with Crippen LogP contribution in [-0.2, 0) is 6.54 Å². The second kappa shape index (κ2) is 6.48. The topological polar surface area (TPSA) is 73.1 Å². The first kappa shape index (κ1) is 15.0. The van der Waals surface area contributed by atoms with Gasteiger partial charge in [0.15, 0.2) is 5.76 Å². The lowest BCUT2D eigenvalue weighted by atomic mass is 10.1. The van der Waals surface area contributed by atoms with Crippen molar-refractivity contribution in [2.24, 2.45) is 0 Å². The van der Waals surface area contributed by atoms with Crippen molar-refractivity contribution >= 4 is 5.82 Å². The molecule has 0 amide bonds. The van der Waals surface area contributed by atoms with Crippen LogP contribution in [0.2, 0.25) is 0 Å². The van der Waals surface area contributed by atoms with E-state index in [4.69, 9.17) is 9.26 Å². The molecule has 0 saturated heterocycles. The van der Waals surface area contributed by atoms with E-state index in [-0.39, 0.29) is 0 Å². The molecule has 6 nitrogen and oxygen atoms in total. The van der Waals surface area contributed by atoms with Gasteiger partial charge in [0.1, 0.15) is 23.6 Å². The number of hydrogen-bond acceptors (Lipinski definition) is 6. The van der Waals surface area contributed by atoms with Crippen molar-refractivity contribution < 1.29 is 9.26 Å². The fourth-order valence-corrected chi connectivity index (χ4v) is 2.18. The van der Waals surface area contributed by atoms with Crippen molar-refractivity contribution in [3.63, 3.8) is 0 Å². The van der Waals surface area contributed by atoms with E-state index < -0.39 is 0 Å². The molecule has 3 aromatic rings. The highest BCUT2D eigenvalue weighted by Crippen LogP contribution is 2.22. The Morgan fingerprint density at radius 2 is 1.91 bits per heavy atom. The summed E-state index contributed by atoms with van der Waals surface area (Å²) in [4.78, 5) is 8.40. The van der Waals surface area contributed by atoms with Crippen LogP contribution in [-0.4, -0.2) is 22.2 Å². The molecule has 0 spiro atoms. The van der Waals surface area contributed by atoms with E-state index in [9.17, 15) is 0 Å². The van der Waals surface area contributed by atoms with Crippen LogP contribution in [0.4, 0.5) is 5.82 Å². The zero-order valence-corrected chi connectivity index (χ0v) is 13.3. The number of hydrogen-bond donors (Lipinski definition) is 1. The predicted octanol–water partition coefficient (Wildman–Crippen LogP) is 3.37. The lowest BCUT2D eigenvalue weighted by molar-refractivity contribution is 0.390. The first-order valence-electron chi connectivity index (χ1n) is 7.29. The van der Waals surface area contributed by atoms with Crippen LogP contribution < -0.4 is 10.1 Å². The van der Waals surface area contributed by atoms with Gasteiger partial charge in [-0.15, -0.1) is 0 Å². The monoisotopic (exact) mass is 310 g/mol. The minimum atomic E-state index is 0.514. The molecular formula is C17H18N4O2. The van der Waals surface area contributed by atoms with Gasteiger partial charge in [0.25, 0.3) is 0 Å². The molecule has 118 valence electrons. The SMILES string of the molecule is COc1ccc(-c2cc(CNc3ncnc(C)c3C)on2)cc1. The standard InChI is InChI=1S/C17H18N4O2/c1-11-12(2)19-10-20-17(11)18-9-15-8-16(21-23-15)13-4-6-14(22-3)7-5-13/h4-8,10H,9H2,1-3H3,(H,18,19,20). The third-order valence-corrected chi connectivity index (χ3v) is 3.71. The van der Waals surface area contributed by atoms with E-state index in [2.05, 4.69) is 20.4 Å². The van der Waals surface area contributed by atoms with Crippen molar-refractivity contribution in [1.82, 2.24) is 15.1 Å². The predicted molar refractivity (Wildman–Crippen MR) is 87.3 cm³/mol. The second-order valence-electron chi connectivity index (χ2n) is 5.19. The summed E-state index contributed by atoms with van der Waals surface area (Å²) in [6, 6.07) is 9.61. The van der Waals surface area contributed by atoms with Gasteiger partial charge >= 0.3 is 0 Å². The van der Waals surface area contributed by atoms with Crippen LogP contribution in [0.25, 0.3) is 11.3 Å². The molecule has 2 aromatic heterocycles. The van der Waals surface area contributed by atoms with Crippen LogP contribution in [0.15, 0.2) is 41.2 Å².